The molecule has 1 aromatic carbocycles. The predicted octanol–water partition coefficient (Wildman–Crippen LogP) is 0.503. The second kappa shape index (κ2) is 5.01. The third-order valence-electron chi connectivity index (χ3n) is 1.72. The van der Waals surface area contributed by atoms with Gasteiger partial charge in [-0.15, -0.1) is 0 Å². The number of hydrogen-bond acceptors (Lipinski definition) is 3. The molecule has 0 spiro atoms. The van der Waals surface area contributed by atoms with Gasteiger partial charge in [-0.3, -0.25) is 0 Å². The van der Waals surface area contributed by atoms with Crippen molar-refractivity contribution in [3.05, 3.63) is 24.3 Å². The van der Waals surface area contributed by atoms with Crippen molar-refractivity contribution in [2.24, 2.45) is 0 Å². The lowest BCUT2D eigenvalue weighted by Crippen LogP contribution is -2.35. The third-order valence-corrected chi connectivity index (χ3v) is 3.78. The topological polar surface area (TPSA) is 38.7 Å². The van der Waals surface area contributed by atoms with Crippen LogP contribution < -0.4 is 5.19 Å². The summed E-state index contributed by atoms with van der Waals surface area (Å²) in [6.07, 6.45) is 0. The molecule has 0 aliphatic heterocycles. The Morgan fingerprint density at radius 1 is 1.38 bits per heavy atom. The first-order valence-corrected chi connectivity index (χ1v) is 5.74. The first-order valence-electron chi connectivity index (χ1n) is 4.22. The van der Waals surface area contributed by atoms with E-state index in [0.29, 0.717) is 6.61 Å². The van der Waals surface area contributed by atoms with E-state index in [1.165, 1.54) is 0 Å². The lowest BCUT2D eigenvalue weighted by molar-refractivity contribution is 0.252. The highest BCUT2D eigenvalue weighted by atomic mass is 28.3. The molecule has 0 saturated carbocycles. The van der Waals surface area contributed by atoms with Gasteiger partial charge in [-0.1, -0.05) is 18.2 Å². The number of benzene rings is 1. The molecule has 1 aromatic rings. The molecule has 0 aliphatic rings. The molecule has 1 atom stereocenters. The van der Waals surface area contributed by atoms with Crippen LogP contribution in [0.1, 0.15) is 6.92 Å². The molecule has 0 radical (unpaired) electrons. The first-order chi connectivity index (χ1) is 6.29. The largest absolute Gasteiger partial charge is 0.508 e. The summed E-state index contributed by atoms with van der Waals surface area (Å²) in [5.41, 5.74) is 0. The third kappa shape index (κ3) is 2.55. The minimum absolute atomic E-state index is 0.259. The van der Waals surface area contributed by atoms with E-state index in [0.717, 1.165) is 5.19 Å². The summed E-state index contributed by atoms with van der Waals surface area (Å²) >= 11 is 0. The van der Waals surface area contributed by atoms with Crippen LogP contribution in [0.3, 0.4) is 0 Å². The maximum atomic E-state index is 9.51. The number of phenolic OH excluding ortho intramolecular Hbond substituents is 1. The Kier molecular flexibility index (Phi) is 3.95. The van der Waals surface area contributed by atoms with Gasteiger partial charge < -0.3 is 14.0 Å². The van der Waals surface area contributed by atoms with E-state index in [2.05, 4.69) is 0 Å². The fourth-order valence-corrected chi connectivity index (χ4v) is 2.60. The fourth-order valence-electron chi connectivity index (χ4n) is 1.12. The number of aromatic hydroxyl groups is 1. The molecule has 0 bridgehead atoms. The highest BCUT2D eigenvalue weighted by molar-refractivity contribution is 6.62. The highest BCUT2D eigenvalue weighted by Crippen LogP contribution is 2.05. The molecule has 72 valence electrons. The zero-order valence-corrected chi connectivity index (χ0v) is 9.01. The van der Waals surface area contributed by atoms with Crippen LogP contribution >= 0.6 is 0 Å². The van der Waals surface area contributed by atoms with Crippen molar-refractivity contribution in [3.63, 3.8) is 0 Å². The Bertz CT molecular complexity index is 265. The van der Waals surface area contributed by atoms with Gasteiger partial charge in [0.2, 0.25) is 0 Å². The number of para-hydroxylation sites is 1. The van der Waals surface area contributed by atoms with Gasteiger partial charge in [0.05, 0.1) is 0 Å². The molecule has 3 nitrogen and oxygen atoms in total. The average Bonchev–Trinajstić information content (AvgIpc) is 2.16. The molecule has 0 fully saturated rings. The Balaban J connectivity index is 2.84. The van der Waals surface area contributed by atoms with Crippen molar-refractivity contribution in [1.29, 1.82) is 0 Å². The van der Waals surface area contributed by atoms with Crippen molar-refractivity contribution in [3.8, 4) is 5.75 Å². The van der Waals surface area contributed by atoms with Crippen LogP contribution in [0, 0.1) is 0 Å². The summed E-state index contributed by atoms with van der Waals surface area (Å²) in [6.45, 7) is 2.53. The Morgan fingerprint density at radius 3 is 2.62 bits per heavy atom. The van der Waals surface area contributed by atoms with Crippen molar-refractivity contribution < 1.29 is 14.0 Å². The molecule has 4 heteroatoms. The van der Waals surface area contributed by atoms with E-state index in [1.54, 1.807) is 19.2 Å². The van der Waals surface area contributed by atoms with Crippen LogP contribution in [-0.4, -0.2) is 28.1 Å². The van der Waals surface area contributed by atoms with E-state index in [-0.39, 0.29) is 5.75 Å². The molecule has 0 saturated heterocycles. The van der Waals surface area contributed by atoms with Gasteiger partial charge in [-0.05, 0) is 13.0 Å². The van der Waals surface area contributed by atoms with E-state index >= 15 is 0 Å². The van der Waals surface area contributed by atoms with Crippen LogP contribution in [0.15, 0.2) is 24.3 Å². The standard InChI is InChI=1S/C9H14O3Si/c1-3-12-13(11-2)9-7-5-4-6-8(9)10/h4-7,10,13H,3H2,1-2H3. The Morgan fingerprint density at radius 2 is 2.08 bits per heavy atom. The van der Waals surface area contributed by atoms with Crippen LogP contribution in [0.5, 0.6) is 5.75 Å². The van der Waals surface area contributed by atoms with E-state index in [9.17, 15) is 5.11 Å². The summed E-state index contributed by atoms with van der Waals surface area (Å²) in [7, 11) is -0.251. The van der Waals surface area contributed by atoms with Crippen LogP contribution in [0.25, 0.3) is 0 Å². The molecule has 0 aliphatic carbocycles. The predicted molar refractivity (Wildman–Crippen MR) is 53.5 cm³/mol. The van der Waals surface area contributed by atoms with Crippen LogP contribution in [0.4, 0.5) is 0 Å². The molecule has 1 unspecified atom stereocenters. The summed E-state index contributed by atoms with van der Waals surface area (Å²) in [4.78, 5) is 0. The van der Waals surface area contributed by atoms with E-state index in [4.69, 9.17) is 8.85 Å². The molecular weight excluding hydrogens is 184 g/mol. The van der Waals surface area contributed by atoms with Crippen molar-refractivity contribution in [2.45, 2.75) is 6.92 Å². The zero-order valence-electron chi connectivity index (χ0n) is 7.86. The summed E-state index contributed by atoms with van der Waals surface area (Å²) in [5.74, 6) is 0.259. The summed E-state index contributed by atoms with van der Waals surface area (Å²) in [5, 5.41) is 10.3. The monoisotopic (exact) mass is 198 g/mol. The van der Waals surface area contributed by atoms with Gasteiger partial charge >= 0.3 is 9.28 Å². The maximum absolute atomic E-state index is 9.51. The molecule has 1 N–H and O–H groups in total. The smallest absolute Gasteiger partial charge is 0.359 e. The van der Waals surface area contributed by atoms with Crippen molar-refractivity contribution in [1.82, 2.24) is 0 Å². The van der Waals surface area contributed by atoms with E-state index in [1.807, 2.05) is 19.1 Å². The lowest BCUT2D eigenvalue weighted by atomic mass is 10.3. The minimum Gasteiger partial charge on any atom is -0.508 e. The summed E-state index contributed by atoms with van der Waals surface area (Å²) < 4.78 is 10.6. The van der Waals surface area contributed by atoms with Gasteiger partial charge in [0.15, 0.2) is 0 Å². The van der Waals surface area contributed by atoms with Crippen molar-refractivity contribution >= 4 is 14.5 Å². The fraction of sp³-hybridized carbons (Fsp3) is 0.333. The maximum Gasteiger partial charge on any atom is 0.359 e. The number of phenols is 1. The Labute approximate surface area is 79.8 Å². The number of rotatable bonds is 4. The Hall–Kier alpha value is -0.843. The summed E-state index contributed by atoms with van der Waals surface area (Å²) in [6, 6.07) is 7.14. The van der Waals surface area contributed by atoms with E-state index < -0.39 is 9.28 Å². The molecular formula is C9H14O3Si. The van der Waals surface area contributed by atoms with Gasteiger partial charge in [0.1, 0.15) is 5.75 Å². The second-order valence-corrected chi connectivity index (χ2v) is 4.67. The second-order valence-electron chi connectivity index (χ2n) is 2.58. The molecule has 0 aromatic heterocycles. The zero-order chi connectivity index (χ0) is 9.68. The lowest BCUT2D eigenvalue weighted by Gasteiger charge is -2.13. The van der Waals surface area contributed by atoms with Crippen molar-refractivity contribution in [2.75, 3.05) is 13.7 Å². The average molecular weight is 198 g/mol. The molecule has 0 amide bonds. The quantitative estimate of drug-likeness (QED) is 0.716. The molecule has 13 heavy (non-hydrogen) atoms. The highest BCUT2D eigenvalue weighted by Gasteiger charge is 2.17. The first kappa shape index (κ1) is 10.2. The molecule has 1 rings (SSSR count). The minimum atomic E-state index is -1.86. The van der Waals surface area contributed by atoms with Gasteiger partial charge in [0.25, 0.3) is 0 Å². The van der Waals surface area contributed by atoms with Crippen LogP contribution in [0.2, 0.25) is 0 Å². The molecule has 0 heterocycles. The SMILES string of the molecule is CCO[SiH](OC)c1ccccc1O. The van der Waals surface area contributed by atoms with Gasteiger partial charge in [-0.2, -0.15) is 0 Å². The van der Waals surface area contributed by atoms with Gasteiger partial charge in [-0.25, -0.2) is 0 Å². The van der Waals surface area contributed by atoms with Crippen LogP contribution in [-0.2, 0) is 8.85 Å². The number of hydrogen-bond donors (Lipinski definition) is 1. The normalized spacial score (nSPS) is 12.8. The van der Waals surface area contributed by atoms with Gasteiger partial charge in [0, 0.05) is 18.9 Å².